The molecule has 0 spiro atoms. The average Bonchev–Trinajstić information content (AvgIpc) is 2.68. The number of nitrogens with one attached hydrogen (secondary N) is 2. The maximum absolute atomic E-state index is 13.1. The molecule has 0 aliphatic rings. The van der Waals surface area contributed by atoms with Gasteiger partial charge in [-0.15, -0.1) is 0 Å². The Morgan fingerprint density at radius 2 is 1.47 bits per heavy atom. The van der Waals surface area contributed by atoms with E-state index < -0.39 is 40.6 Å². The van der Waals surface area contributed by atoms with Gasteiger partial charge >= 0.3 is 5.97 Å². The van der Waals surface area contributed by atoms with E-state index in [1.165, 1.54) is 55.5 Å². The van der Waals surface area contributed by atoms with E-state index in [0.717, 1.165) is 0 Å². The number of hydrogen-bond acceptors (Lipinski definition) is 5. The number of amides is 2. The average molecular weight is 417 g/mol. The van der Waals surface area contributed by atoms with Gasteiger partial charge in [0.2, 0.25) is 11.8 Å². The monoisotopic (exact) mass is 417 g/mol. The minimum absolute atomic E-state index is 0.0373. The van der Waals surface area contributed by atoms with Crippen molar-refractivity contribution in [3.63, 3.8) is 0 Å². The first-order valence-corrected chi connectivity index (χ1v) is 8.93. The van der Waals surface area contributed by atoms with E-state index in [2.05, 4.69) is 10.6 Å². The predicted molar refractivity (Wildman–Crippen MR) is 104 cm³/mol. The standard InChI is InChI=1S/C20H20FN3O6/c1-12(25)22-17(10-13-2-6-15(21)7-3-13)19(26)23-18(20(27)28)11-14-4-8-16(9-5-14)24(29)30/h2-9,17-18H,10-11H2,1H3,(H,22,25)(H,23,26)(H,27,28)/t17-,18-/m1/s1. The molecule has 2 aromatic carbocycles. The highest BCUT2D eigenvalue weighted by Crippen LogP contribution is 2.14. The fourth-order valence-corrected chi connectivity index (χ4v) is 2.77. The molecule has 0 aliphatic carbocycles. The lowest BCUT2D eigenvalue weighted by Crippen LogP contribution is -2.52. The van der Waals surface area contributed by atoms with Gasteiger partial charge in [0.15, 0.2) is 0 Å². The third-order valence-electron chi connectivity index (χ3n) is 4.25. The van der Waals surface area contributed by atoms with E-state index >= 15 is 0 Å². The number of carboxylic acid groups (broad SMARTS) is 1. The summed E-state index contributed by atoms with van der Waals surface area (Å²) in [5, 5.41) is 25.0. The van der Waals surface area contributed by atoms with Crippen LogP contribution in [0.5, 0.6) is 0 Å². The number of nitro benzene ring substituents is 1. The summed E-state index contributed by atoms with van der Waals surface area (Å²) in [6, 6.07) is 8.27. The smallest absolute Gasteiger partial charge is 0.326 e. The van der Waals surface area contributed by atoms with Crippen molar-refractivity contribution in [2.24, 2.45) is 0 Å². The Bertz CT molecular complexity index is 931. The van der Waals surface area contributed by atoms with Crippen LogP contribution in [0, 0.1) is 15.9 Å². The Morgan fingerprint density at radius 3 is 1.93 bits per heavy atom. The summed E-state index contributed by atoms with van der Waals surface area (Å²) in [5.74, 6) is -2.96. The molecule has 0 aliphatic heterocycles. The molecule has 2 atom stereocenters. The van der Waals surface area contributed by atoms with Crippen molar-refractivity contribution < 1.29 is 28.8 Å². The molecule has 0 heterocycles. The maximum Gasteiger partial charge on any atom is 0.326 e. The minimum atomic E-state index is -1.32. The minimum Gasteiger partial charge on any atom is -0.480 e. The molecule has 2 aromatic rings. The Balaban J connectivity index is 2.12. The molecule has 3 N–H and O–H groups in total. The number of halogens is 1. The lowest BCUT2D eigenvalue weighted by molar-refractivity contribution is -0.384. The first-order valence-electron chi connectivity index (χ1n) is 8.93. The second-order valence-electron chi connectivity index (χ2n) is 6.61. The molecule has 0 saturated heterocycles. The van der Waals surface area contributed by atoms with E-state index in [1.54, 1.807) is 0 Å². The van der Waals surface area contributed by atoms with E-state index in [-0.39, 0.29) is 18.5 Å². The predicted octanol–water partition coefficient (Wildman–Crippen LogP) is 1.59. The number of hydrogen-bond donors (Lipinski definition) is 3. The van der Waals surface area contributed by atoms with Crippen molar-refractivity contribution in [3.05, 3.63) is 75.6 Å². The molecule has 158 valence electrons. The Hall–Kier alpha value is -3.82. The van der Waals surface area contributed by atoms with Gasteiger partial charge in [-0.2, -0.15) is 0 Å². The van der Waals surface area contributed by atoms with Gasteiger partial charge in [0.05, 0.1) is 4.92 Å². The van der Waals surface area contributed by atoms with Gasteiger partial charge in [-0.1, -0.05) is 24.3 Å². The van der Waals surface area contributed by atoms with Gasteiger partial charge in [-0.25, -0.2) is 9.18 Å². The number of benzene rings is 2. The summed E-state index contributed by atoms with van der Waals surface area (Å²) in [7, 11) is 0. The molecule has 0 bridgehead atoms. The maximum atomic E-state index is 13.1. The van der Waals surface area contributed by atoms with Gasteiger partial charge in [0, 0.05) is 31.9 Å². The van der Waals surface area contributed by atoms with Gasteiger partial charge < -0.3 is 15.7 Å². The van der Waals surface area contributed by atoms with Crippen molar-refractivity contribution in [3.8, 4) is 0 Å². The third kappa shape index (κ3) is 6.66. The quantitative estimate of drug-likeness (QED) is 0.418. The molecule has 10 heteroatoms. The number of carbonyl (C=O) groups is 3. The van der Waals surface area contributed by atoms with Crippen LogP contribution in [0.1, 0.15) is 18.1 Å². The molecule has 0 radical (unpaired) electrons. The number of nitrogens with zero attached hydrogens (tertiary/aromatic N) is 1. The summed E-state index contributed by atoms with van der Waals surface area (Å²) in [5.41, 5.74) is 0.912. The zero-order valence-corrected chi connectivity index (χ0v) is 16.0. The Labute approximate surface area is 171 Å². The number of nitro groups is 1. The molecule has 2 amide bonds. The lowest BCUT2D eigenvalue weighted by Gasteiger charge is -2.21. The van der Waals surface area contributed by atoms with Crippen molar-refractivity contribution in [2.45, 2.75) is 31.8 Å². The Kier molecular flexibility index (Phi) is 7.56. The fourth-order valence-electron chi connectivity index (χ4n) is 2.77. The SMILES string of the molecule is CC(=O)N[C@H](Cc1ccc(F)cc1)C(=O)N[C@H](Cc1ccc([N+](=O)[O-])cc1)C(=O)O. The van der Waals surface area contributed by atoms with Gasteiger partial charge in [-0.05, 0) is 23.3 Å². The van der Waals surface area contributed by atoms with Crippen LogP contribution >= 0.6 is 0 Å². The number of carboxylic acids is 1. The number of rotatable bonds is 9. The van der Waals surface area contributed by atoms with Crippen LogP contribution in [-0.2, 0) is 27.2 Å². The fraction of sp³-hybridized carbons (Fsp3) is 0.250. The molecule has 0 saturated carbocycles. The van der Waals surface area contributed by atoms with Crippen molar-refractivity contribution in [2.75, 3.05) is 0 Å². The molecule has 0 unspecified atom stereocenters. The number of aliphatic carboxylic acids is 1. The van der Waals surface area contributed by atoms with Gasteiger partial charge in [0.1, 0.15) is 17.9 Å². The van der Waals surface area contributed by atoms with Crippen LogP contribution in [0.2, 0.25) is 0 Å². The summed E-state index contributed by atoms with van der Waals surface area (Å²) >= 11 is 0. The first kappa shape index (κ1) is 22.5. The van der Waals surface area contributed by atoms with E-state index in [4.69, 9.17) is 0 Å². The molecule has 9 nitrogen and oxygen atoms in total. The normalized spacial score (nSPS) is 12.5. The zero-order valence-electron chi connectivity index (χ0n) is 16.0. The highest BCUT2D eigenvalue weighted by molar-refractivity contribution is 5.90. The van der Waals surface area contributed by atoms with Crippen LogP contribution in [0.3, 0.4) is 0 Å². The number of carbonyl (C=O) groups excluding carboxylic acids is 2. The molecular formula is C20H20FN3O6. The Morgan fingerprint density at radius 1 is 0.967 bits per heavy atom. The lowest BCUT2D eigenvalue weighted by atomic mass is 10.0. The van der Waals surface area contributed by atoms with Gasteiger partial charge in [0.25, 0.3) is 5.69 Å². The van der Waals surface area contributed by atoms with Crippen molar-refractivity contribution >= 4 is 23.5 Å². The zero-order chi connectivity index (χ0) is 22.3. The van der Waals surface area contributed by atoms with E-state index in [9.17, 15) is 34.0 Å². The first-order chi connectivity index (χ1) is 14.2. The molecule has 0 aromatic heterocycles. The van der Waals surface area contributed by atoms with Crippen LogP contribution in [0.15, 0.2) is 48.5 Å². The van der Waals surface area contributed by atoms with Gasteiger partial charge in [-0.3, -0.25) is 19.7 Å². The van der Waals surface area contributed by atoms with E-state index in [0.29, 0.717) is 11.1 Å². The van der Waals surface area contributed by atoms with E-state index in [1.807, 2.05) is 0 Å². The molecular weight excluding hydrogens is 397 g/mol. The summed E-state index contributed by atoms with van der Waals surface area (Å²) < 4.78 is 13.1. The third-order valence-corrected chi connectivity index (χ3v) is 4.25. The second-order valence-corrected chi connectivity index (χ2v) is 6.61. The van der Waals surface area contributed by atoms with Crippen molar-refractivity contribution in [1.29, 1.82) is 0 Å². The van der Waals surface area contributed by atoms with Crippen LogP contribution in [-0.4, -0.2) is 39.9 Å². The molecule has 2 rings (SSSR count). The largest absolute Gasteiger partial charge is 0.480 e. The van der Waals surface area contributed by atoms with Crippen LogP contribution < -0.4 is 10.6 Å². The number of non-ortho nitro benzene ring substituents is 1. The molecule has 30 heavy (non-hydrogen) atoms. The highest BCUT2D eigenvalue weighted by atomic mass is 19.1. The molecule has 0 fully saturated rings. The highest BCUT2D eigenvalue weighted by Gasteiger charge is 2.26. The van der Waals surface area contributed by atoms with Crippen LogP contribution in [0.25, 0.3) is 0 Å². The second kappa shape index (κ2) is 10.1. The summed E-state index contributed by atoms with van der Waals surface area (Å²) in [6.07, 6.45) is -0.0715. The van der Waals surface area contributed by atoms with Crippen molar-refractivity contribution in [1.82, 2.24) is 10.6 Å². The topological polar surface area (TPSA) is 139 Å². The summed E-state index contributed by atoms with van der Waals surface area (Å²) in [4.78, 5) is 45.9. The van der Waals surface area contributed by atoms with Crippen LogP contribution in [0.4, 0.5) is 10.1 Å². The summed E-state index contributed by atoms with van der Waals surface area (Å²) in [6.45, 7) is 1.22.